The van der Waals surface area contributed by atoms with E-state index in [1.165, 1.54) is 42.5 Å². The summed E-state index contributed by atoms with van der Waals surface area (Å²) in [6.07, 6.45) is 0.524. The highest BCUT2D eigenvalue weighted by atomic mass is 16.4. The Kier molecular flexibility index (Phi) is 3.85. The lowest BCUT2D eigenvalue weighted by Gasteiger charge is -1.98. The predicted octanol–water partition coefficient (Wildman–Crippen LogP) is 3.32. The van der Waals surface area contributed by atoms with Crippen molar-refractivity contribution in [1.82, 2.24) is 0 Å². The number of aromatic carboxylic acids is 1. The van der Waals surface area contributed by atoms with Gasteiger partial charge >= 0.3 is 5.97 Å². The number of carboxylic acid groups (broad SMARTS) is 1. The van der Waals surface area contributed by atoms with Gasteiger partial charge in [-0.25, -0.2) is 4.79 Å². The van der Waals surface area contributed by atoms with E-state index in [1.807, 2.05) is 0 Å². The molecule has 0 radical (unpaired) electrons. The Morgan fingerprint density at radius 3 is 2.20 bits per heavy atom. The molecule has 0 saturated heterocycles. The maximum absolute atomic E-state index is 10.7. The van der Waals surface area contributed by atoms with Gasteiger partial charge in [0.15, 0.2) is 6.29 Å². The summed E-state index contributed by atoms with van der Waals surface area (Å²) in [5, 5.41) is 25.9. The van der Waals surface area contributed by atoms with E-state index < -0.39 is 5.97 Å². The summed E-state index contributed by atoms with van der Waals surface area (Å²) in [7, 11) is 0. The first-order valence-electron chi connectivity index (χ1n) is 5.63. The number of phenols is 1. The number of hydrogen-bond acceptors (Lipinski definition) is 5. The van der Waals surface area contributed by atoms with Crippen molar-refractivity contribution in [3.63, 3.8) is 0 Å². The second-order valence-electron chi connectivity index (χ2n) is 3.91. The molecule has 20 heavy (non-hydrogen) atoms. The molecule has 0 atom stereocenters. The molecule has 0 aliphatic carbocycles. The van der Waals surface area contributed by atoms with Crippen molar-refractivity contribution in [2.24, 2.45) is 10.2 Å². The number of benzene rings is 2. The van der Waals surface area contributed by atoms with E-state index in [-0.39, 0.29) is 16.9 Å². The van der Waals surface area contributed by atoms with Gasteiger partial charge in [-0.3, -0.25) is 4.79 Å². The Balaban J connectivity index is 2.20. The quantitative estimate of drug-likeness (QED) is 0.657. The van der Waals surface area contributed by atoms with Gasteiger partial charge in [-0.1, -0.05) is 0 Å². The molecule has 6 heteroatoms. The average Bonchev–Trinajstić information content (AvgIpc) is 2.46. The normalized spacial score (nSPS) is 10.6. The molecule has 0 aromatic heterocycles. The molecular weight excluding hydrogens is 260 g/mol. The summed E-state index contributed by atoms with van der Waals surface area (Å²) in [4.78, 5) is 21.4. The maximum atomic E-state index is 10.7. The van der Waals surface area contributed by atoms with Crippen LogP contribution >= 0.6 is 0 Å². The number of phenolic OH excluding ortho intramolecular Hbond substituents is 1. The first-order valence-corrected chi connectivity index (χ1v) is 5.63. The van der Waals surface area contributed by atoms with Gasteiger partial charge in [0.1, 0.15) is 5.75 Å². The van der Waals surface area contributed by atoms with Crippen LogP contribution in [0.1, 0.15) is 20.7 Å². The zero-order chi connectivity index (χ0) is 14.5. The summed E-state index contributed by atoms with van der Waals surface area (Å²) in [6, 6.07) is 10.2. The Morgan fingerprint density at radius 2 is 1.60 bits per heavy atom. The number of carboxylic acids is 1. The standard InChI is InChI=1S/C14H10N2O4/c17-8-10-7-12(5-6-13(10)18)16-15-11-3-1-9(2-4-11)14(19)20/h1-8,18H,(H,19,20). The van der Waals surface area contributed by atoms with Crippen LogP contribution in [0.15, 0.2) is 52.7 Å². The summed E-state index contributed by atoms with van der Waals surface area (Å²) < 4.78 is 0. The predicted molar refractivity (Wildman–Crippen MR) is 71.1 cm³/mol. The number of aromatic hydroxyl groups is 1. The highest BCUT2D eigenvalue weighted by Gasteiger charge is 2.02. The van der Waals surface area contributed by atoms with E-state index in [0.29, 0.717) is 17.7 Å². The van der Waals surface area contributed by atoms with E-state index in [1.54, 1.807) is 0 Å². The van der Waals surface area contributed by atoms with Crippen LogP contribution in [-0.4, -0.2) is 22.5 Å². The van der Waals surface area contributed by atoms with Crippen LogP contribution in [0.5, 0.6) is 5.75 Å². The lowest BCUT2D eigenvalue weighted by atomic mass is 10.2. The number of rotatable bonds is 4. The van der Waals surface area contributed by atoms with Crippen LogP contribution < -0.4 is 0 Å². The molecule has 0 fully saturated rings. The molecule has 0 heterocycles. The Hall–Kier alpha value is -3.02. The van der Waals surface area contributed by atoms with Crippen molar-refractivity contribution in [3.05, 3.63) is 53.6 Å². The van der Waals surface area contributed by atoms with Crippen LogP contribution in [0.3, 0.4) is 0 Å². The Bertz CT molecular complexity index is 678. The molecule has 2 rings (SSSR count). The second-order valence-corrected chi connectivity index (χ2v) is 3.91. The fourth-order valence-electron chi connectivity index (χ4n) is 1.48. The number of carbonyl (C=O) groups is 2. The zero-order valence-electron chi connectivity index (χ0n) is 10.2. The minimum atomic E-state index is -1.01. The van der Waals surface area contributed by atoms with Crippen LogP contribution in [0, 0.1) is 0 Å². The smallest absolute Gasteiger partial charge is 0.335 e. The third-order valence-electron chi connectivity index (χ3n) is 2.53. The van der Waals surface area contributed by atoms with Crippen LogP contribution in [0.2, 0.25) is 0 Å². The van der Waals surface area contributed by atoms with Crippen molar-refractivity contribution >= 4 is 23.6 Å². The van der Waals surface area contributed by atoms with Crippen molar-refractivity contribution in [1.29, 1.82) is 0 Å². The minimum Gasteiger partial charge on any atom is -0.507 e. The van der Waals surface area contributed by atoms with Gasteiger partial charge in [0, 0.05) is 0 Å². The van der Waals surface area contributed by atoms with Crippen molar-refractivity contribution in [2.75, 3.05) is 0 Å². The van der Waals surface area contributed by atoms with Crippen LogP contribution in [-0.2, 0) is 0 Å². The summed E-state index contributed by atoms with van der Waals surface area (Å²) >= 11 is 0. The highest BCUT2D eigenvalue weighted by Crippen LogP contribution is 2.24. The van der Waals surface area contributed by atoms with E-state index >= 15 is 0 Å². The SMILES string of the molecule is O=Cc1cc(N=Nc2ccc(C(=O)O)cc2)ccc1O. The number of hydrogen-bond donors (Lipinski definition) is 2. The molecule has 0 unspecified atom stereocenters. The largest absolute Gasteiger partial charge is 0.507 e. The maximum Gasteiger partial charge on any atom is 0.335 e. The Morgan fingerprint density at radius 1 is 1.00 bits per heavy atom. The lowest BCUT2D eigenvalue weighted by molar-refractivity contribution is 0.0696. The third kappa shape index (κ3) is 3.05. The van der Waals surface area contributed by atoms with Gasteiger partial charge in [-0.05, 0) is 42.5 Å². The molecule has 0 spiro atoms. The fraction of sp³-hybridized carbons (Fsp3) is 0. The molecule has 2 aromatic rings. The summed E-state index contributed by atoms with van der Waals surface area (Å²) in [5.41, 5.74) is 1.18. The van der Waals surface area contributed by atoms with Gasteiger partial charge in [-0.15, -0.1) is 0 Å². The lowest BCUT2D eigenvalue weighted by Crippen LogP contribution is -1.93. The van der Waals surface area contributed by atoms with E-state index in [2.05, 4.69) is 10.2 Å². The average molecular weight is 270 g/mol. The van der Waals surface area contributed by atoms with Gasteiger partial charge in [0.25, 0.3) is 0 Å². The highest BCUT2D eigenvalue weighted by molar-refractivity contribution is 5.87. The number of carbonyl (C=O) groups excluding carboxylic acids is 1. The molecule has 0 aliphatic heterocycles. The molecule has 100 valence electrons. The van der Waals surface area contributed by atoms with Gasteiger partial charge in [0.05, 0.1) is 22.5 Å². The van der Waals surface area contributed by atoms with Crippen molar-refractivity contribution in [3.8, 4) is 5.75 Å². The molecular formula is C14H10N2O4. The fourth-order valence-corrected chi connectivity index (χ4v) is 1.48. The third-order valence-corrected chi connectivity index (χ3v) is 2.53. The van der Waals surface area contributed by atoms with Crippen molar-refractivity contribution in [2.45, 2.75) is 0 Å². The number of azo groups is 1. The van der Waals surface area contributed by atoms with Crippen LogP contribution in [0.25, 0.3) is 0 Å². The van der Waals surface area contributed by atoms with Gasteiger partial charge in [-0.2, -0.15) is 10.2 Å². The van der Waals surface area contributed by atoms with Crippen molar-refractivity contribution < 1.29 is 19.8 Å². The molecule has 0 amide bonds. The van der Waals surface area contributed by atoms with Crippen LogP contribution in [0.4, 0.5) is 11.4 Å². The minimum absolute atomic E-state index is 0.121. The van der Waals surface area contributed by atoms with E-state index in [9.17, 15) is 14.7 Å². The molecule has 0 aliphatic rings. The first-order chi connectivity index (χ1) is 9.60. The molecule has 0 saturated carbocycles. The molecule has 2 N–H and O–H groups in total. The van der Waals surface area contributed by atoms with Gasteiger partial charge in [0.2, 0.25) is 0 Å². The first kappa shape index (κ1) is 13.4. The second kappa shape index (κ2) is 5.75. The molecule has 0 bridgehead atoms. The molecule has 6 nitrogen and oxygen atoms in total. The number of nitrogens with zero attached hydrogens (tertiary/aromatic N) is 2. The Labute approximate surface area is 114 Å². The monoisotopic (exact) mass is 270 g/mol. The zero-order valence-corrected chi connectivity index (χ0v) is 10.2. The molecule has 2 aromatic carbocycles. The van der Waals surface area contributed by atoms with E-state index in [4.69, 9.17) is 5.11 Å². The van der Waals surface area contributed by atoms with E-state index in [0.717, 1.165) is 0 Å². The van der Waals surface area contributed by atoms with Gasteiger partial charge < -0.3 is 10.2 Å². The summed E-state index contributed by atoms with van der Waals surface area (Å²) in [6.45, 7) is 0. The summed E-state index contributed by atoms with van der Waals surface area (Å²) in [5.74, 6) is -1.13. The topological polar surface area (TPSA) is 99.3 Å². The number of aldehydes is 1.